The van der Waals surface area contributed by atoms with Crippen LogP contribution in [0.5, 0.6) is 5.75 Å². The fraction of sp³-hybridized carbons (Fsp3) is 0.316. The lowest BCUT2D eigenvalue weighted by molar-refractivity contribution is -0.00517. The van der Waals surface area contributed by atoms with Gasteiger partial charge >= 0.3 is 6.03 Å². The van der Waals surface area contributed by atoms with E-state index in [1.54, 1.807) is 12.1 Å². The first-order chi connectivity index (χ1) is 12.0. The molecular formula is C19H23N3O3. The Morgan fingerprint density at radius 1 is 1.04 bits per heavy atom. The van der Waals surface area contributed by atoms with Gasteiger partial charge in [-0.3, -0.25) is 0 Å². The molecule has 132 valence electrons. The molecule has 6 heteroatoms. The first-order valence-electron chi connectivity index (χ1n) is 8.38. The summed E-state index contributed by atoms with van der Waals surface area (Å²) in [4.78, 5) is 14.5. The van der Waals surface area contributed by atoms with Crippen LogP contribution >= 0.6 is 0 Å². The van der Waals surface area contributed by atoms with Gasteiger partial charge in [0.05, 0.1) is 23.6 Å². The maximum Gasteiger partial charge on any atom is 0.323 e. The van der Waals surface area contributed by atoms with Crippen LogP contribution in [-0.2, 0) is 4.74 Å². The molecule has 2 aromatic rings. The molecule has 6 nitrogen and oxygen atoms in total. The first-order valence-corrected chi connectivity index (χ1v) is 8.38. The van der Waals surface area contributed by atoms with E-state index in [1.165, 1.54) is 12.1 Å². The van der Waals surface area contributed by atoms with Gasteiger partial charge in [0.15, 0.2) is 0 Å². The van der Waals surface area contributed by atoms with Crippen molar-refractivity contribution in [3.05, 3.63) is 48.5 Å². The van der Waals surface area contributed by atoms with Gasteiger partial charge in [-0.05, 0) is 50.2 Å². The third-order valence-electron chi connectivity index (χ3n) is 4.04. The van der Waals surface area contributed by atoms with Gasteiger partial charge in [-0.25, -0.2) is 4.79 Å². The zero-order valence-electron chi connectivity index (χ0n) is 14.4. The Kier molecular flexibility index (Phi) is 5.09. The Labute approximate surface area is 147 Å². The van der Waals surface area contributed by atoms with Crippen molar-refractivity contribution in [2.45, 2.75) is 26.1 Å². The highest BCUT2D eigenvalue weighted by atomic mass is 16.5. The summed E-state index contributed by atoms with van der Waals surface area (Å²) in [5.74, 6) is 0.159. The van der Waals surface area contributed by atoms with Gasteiger partial charge in [0.2, 0.25) is 0 Å². The van der Waals surface area contributed by atoms with Crippen molar-refractivity contribution in [3.63, 3.8) is 0 Å². The van der Waals surface area contributed by atoms with Gasteiger partial charge in [-0.15, -0.1) is 0 Å². The molecule has 3 rings (SSSR count). The van der Waals surface area contributed by atoms with Gasteiger partial charge in [-0.1, -0.05) is 12.1 Å². The minimum atomic E-state index is -0.326. The number of phenolic OH excluding ortho intramolecular Hbond substituents is 1. The largest absolute Gasteiger partial charge is 0.508 e. The molecule has 2 aromatic carbocycles. The molecule has 2 amide bonds. The quantitative estimate of drug-likeness (QED) is 0.745. The molecule has 0 bridgehead atoms. The Balaban J connectivity index is 1.72. The Bertz CT molecular complexity index is 723. The summed E-state index contributed by atoms with van der Waals surface area (Å²) in [5.41, 5.74) is 2.34. The maximum atomic E-state index is 12.3. The highest BCUT2D eigenvalue weighted by Crippen LogP contribution is 2.28. The van der Waals surface area contributed by atoms with Gasteiger partial charge in [0.25, 0.3) is 0 Å². The van der Waals surface area contributed by atoms with Crippen molar-refractivity contribution in [1.82, 2.24) is 0 Å². The summed E-state index contributed by atoms with van der Waals surface area (Å²) in [6, 6.07) is 13.8. The molecule has 1 saturated heterocycles. The zero-order chi connectivity index (χ0) is 17.8. The van der Waals surface area contributed by atoms with E-state index in [0.29, 0.717) is 5.69 Å². The number of nitrogens with one attached hydrogen (secondary N) is 2. The highest BCUT2D eigenvalue weighted by molar-refractivity contribution is 6.01. The number of hydrogen-bond donors (Lipinski definition) is 3. The van der Waals surface area contributed by atoms with Crippen LogP contribution in [0.4, 0.5) is 21.9 Å². The van der Waals surface area contributed by atoms with Crippen molar-refractivity contribution < 1.29 is 14.6 Å². The monoisotopic (exact) mass is 341 g/mol. The predicted molar refractivity (Wildman–Crippen MR) is 99.4 cm³/mol. The first kappa shape index (κ1) is 17.1. The third kappa shape index (κ3) is 4.42. The van der Waals surface area contributed by atoms with Crippen LogP contribution in [0.25, 0.3) is 0 Å². The SMILES string of the molecule is C[C@@H]1CN(c2ccccc2NC(=O)Nc2ccc(O)cc2)C[C@H](C)O1. The fourth-order valence-corrected chi connectivity index (χ4v) is 3.06. The lowest BCUT2D eigenvalue weighted by Gasteiger charge is -2.37. The molecule has 0 radical (unpaired) electrons. The normalized spacial score (nSPS) is 20.2. The van der Waals surface area contributed by atoms with Gasteiger partial charge in [0.1, 0.15) is 5.75 Å². The van der Waals surface area contributed by atoms with Crippen LogP contribution in [0.3, 0.4) is 0 Å². The number of anilines is 3. The Hall–Kier alpha value is -2.73. The van der Waals surface area contributed by atoms with Crippen LogP contribution in [0, 0.1) is 0 Å². The van der Waals surface area contributed by atoms with Gasteiger partial charge < -0.3 is 25.4 Å². The third-order valence-corrected chi connectivity index (χ3v) is 4.04. The number of para-hydroxylation sites is 2. The van der Waals surface area contributed by atoms with Crippen molar-refractivity contribution >= 4 is 23.1 Å². The number of ether oxygens (including phenoxy) is 1. The molecule has 0 saturated carbocycles. The molecule has 0 aromatic heterocycles. The summed E-state index contributed by atoms with van der Waals surface area (Å²) in [5, 5.41) is 15.0. The number of nitrogens with zero attached hydrogens (tertiary/aromatic N) is 1. The average Bonchev–Trinajstić information content (AvgIpc) is 2.56. The molecule has 0 aliphatic carbocycles. The topological polar surface area (TPSA) is 73.8 Å². The molecule has 0 unspecified atom stereocenters. The molecule has 3 N–H and O–H groups in total. The summed E-state index contributed by atoms with van der Waals surface area (Å²) >= 11 is 0. The lowest BCUT2D eigenvalue weighted by atomic mass is 10.1. The number of morpholine rings is 1. The second-order valence-electron chi connectivity index (χ2n) is 6.31. The number of aromatic hydroxyl groups is 1. The van der Waals surface area contributed by atoms with Crippen molar-refractivity contribution in [2.24, 2.45) is 0 Å². The minimum absolute atomic E-state index is 0.141. The minimum Gasteiger partial charge on any atom is -0.508 e. The van der Waals surface area contributed by atoms with E-state index < -0.39 is 0 Å². The standard InChI is InChI=1S/C19H23N3O3/c1-13-11-22(12-14(2)25-13)18-6-4-3-5-17(18)21-19(24)20-15-7-9-16(23)10-8-15/h3-10,13-14,23H,11-12H2,1-2H3,(H2,20,21,24)/t13-,14+. The summed E-state index contributed by atoms with van der Waals surface area (Å²) < 4.78 is 5.79. The van der Waals surface area contributed by atoms with Crippen LogP contribution < -0.4 is 15.5 Å². The molecule has 1 heterocycles. The van der Waals surface area contributed by atoms with E-state index in [2.05, 4.69) is 29.4 Å². The number of benzene rings is 2. The maximum absolute atomic E-state index is 12.3. The number of phenols is 1. The van der Waals surface area contributed by atoms with Crippen LogP contribution in [0.1, 0.15) is 13.8 Å². The number of carbonyl (C=O) groups excluding carboxylic acids is 1. The van der Waals surface area contributed by atoms with Crippen LogP contribution in [-0.4, -0.2) is 36.4 Å². The Morgan fingerprint density at radius 3 is 2.36 bits per heavy atom. The average molecular weight is 341 g/mol. The van der Waals surface area contributed by atoms with Crippen LogP contribution in [0.2, 0.25) is 0 Å². The van der Waals surface area contributed by atoms with Crippen molar-refractivity contribution in [3.8, 4) is 5.75 Å². The van der Waals surface area contributed by atoms with E-state index >= 15 is 0 Å². The molecule has 1 fully saturated rings. The second kappa shape index (κ2) is 7.44. The molecule has 0 spiro atoms. The van der Waals surface area contributed by atoms with Gasteiger partial charge in [0, 0.05) is 18.8 Å². The highest BCUT2D eigenvalue weighted by Gasteiger charge is 2.24. The van der Waals surface area contributed by atoms with E-state index in [-0.39, 0.29) is 24.0 Å². The van der Waals surface area contributed by atoms with Crippen LogP contribution in [0.15, 0.2) is 48.5 Å². The van der Waals surface area contributed by atoms with E-state index in [1.807, 2.05) is 24.3 Å². The van der Waals surface area contributed by atoms with E-state index in [9.17, 15) is 9.90 Å². The molecule has 1 aliphatic rings. The number of rotatable bonds is 3. The number of hydrogen-bond acceptors (Lipinski definition) is 4. The summed E-state index contributed by atoms with van der Waals surface area (Å²) in [6.45, 7) is 5.66. The second-order valence-corrected chi connectivity index (χ2v) is 6.31. The Morgan fingerprint density at radius 2 is 1.68 bits per heavy atom. The molecular weight excluding hydrogens is 318 g/mol. The summed E-state index contributed by atoms with van der Waals surface area (Å²) in [7, 11) is 0. The number of amides is 2. The number of urea groups is 1. The van der Waals surface area contributed by atoms with E-state index in [4.69, 9.17) is 4.74 Å². The fourth-order valence-electron chi connectivity index (χ4n) is 3.06. The zero-order valence-corrected chi connectivity index (χ0v) is 14.4. The van der Waals surface area contributed by atoms with Gasteiger partial charge in [-0.2, -0.15) is 0 Å². The molecule has 1 aliphatic heterocycles. The summed E-state index contributed by atoms with van der Waals surface area (Å²) in [6.07, 6.45) is 0.283. The predicted octanol–water partition coefficient (Wildman–Crippen LogP) is 3.65. The van der Waals surface area contributed by atoms with Crippen molar-refractivity contribution in [1.29, 1.82) is 0 Å². The lowest BCUT2D eigenvalue weighted by Crippen LogP contribution is -2.45. The smallest absolute Gasteiger partial charge is 0.323 e. The molecule has 25 heavy (non-hydrogen) atoms. The molecule has 2 atom stereocenters. The number of carbonyl (C=O) groups is 1. The van der Waals surface area contributed by atoms with Crippen molar-refractivity contribution in [2.75, 3.05) is 28.6 Å². The van der Waals surface area contributed by atoms with E-state index in [0.717, 1.165) is 24.5 Å².